The monoisotopic (exact) mass is 371 g/mol. The molecule has 0 aliphatic rings. The molecule has 128 valence electrons. The Morgan fingerprint density at radius 3 is 2.68 bits per heavy atom. The lowest BCUT2D eigenvalue weighted by Crippen LogP contribution is -2.24. The van der Waals surface area contributed by atoms with E-state index >= 15 is 0 Å². The van der Waals surface area contributed by atoms with Gasteiger partial charge in [0, 0.05) is 21.8 Å². The van der Waals surface area contributed by atoms with E-state index in [4.69, 9.17) is 16.3 Å². The molecule has 0 aliphatic heterocycles. The summed E-state index contributed by atoms with van der Waals surface area (Å²) in [6.45, 7) is 0.479. The molecule has 0 atom stereocenters. The maximum atomic E-state index is 12.2. The smallest absolute Gasteiger partial charge is 0.230 e. The van der Waals surface area contributed by atoms with Gasteiger partial charge in [-0.2, -0.15) is 0 Å². The van der Waals surface area contributed by atoms with Crippen molar-refractivity contribution in [1.82, 2.24) is 5.32 Å². The van der Waals surface area contributed by atoms with Gasteiger partial charge in [-0.1, -0.05) is 48.0 Å². The SMILES string of the molecule is COc1cccc(CNC(=O)CSc2cccc3cccc(Cl)c23)c1. The van der Waals surface area contributed by atoms with E-state index in [1.807, 2.05) is 60.7 Å². The Labute approximate surface area is 156 Å². The van der Waals surface area contributed by atoms with Crippen molar-refractivity contribution in [2.24, 2.45) is 0 Å². The van der Waals surface area contributed by atoms with Gasteiger partial charge < -0.3 is 10.1 Å². The molecule has 0 fully saturated rings. The zero-order valence-electron chi connectivity index (χ0n) is 13.8. The summed E-state index contributed by atoms with van der Waals surface area (Å²) in [7, 11) is 1.63. The van der Waals surface area contributed by atoms with E-state index in [-0.39, 0.29) is 5.91 Å². The highest BCUT2D eigenvalue weighted by atomic mass is 35.5. The van der Waals surface area contributed by atoms with E-state index in [1.54, 1.807) is 7.11 Å². The third-order valence-corrected chi connectivity index (χ3v) is 5.17. The van der Waals surface area contributed by atoms with Crippen molar-refractivity contribution >= 4 is 40.0 Å². The highest BCUT2D eigenvalue weighted by Crippen LogP contribution is 2.33. The second-order valence-electron chi connectivity index (χ2n) is 5.51. The molecule has 1 N–H and O–H groups in total. The van der Waals surface area contributed by atoms with Gasteiger partial charge in [0.05, 0.1) is 12.9 Å². The minimum absolute atomic E-state index is 0.0168. The highest BCUT2D eigenvalue weighted by Gasteiger charge is 2.08. The van der Waals surface area contributed by atoms with Crippen LogP contribution in [0, 0.1) is 0 Å². The Kier molecular flexibility index (Phi) is 5.84. The van der Waals surface area contributed by atoms with Crippen LogP contribution in [0.15, 0.2) is 65.6 Å². The maximum Gasteiger partial charge on any atom is 0.230 e. The number of benzene rings is 3. The van der Waals surface area contributed by atoms with Crippen LogP contribution < -0.4 is 10.1 Å². The van der Waals surface area contributed by atoms with Gasteiger partial charge in [0.1, 0.15) is 5.75 Å². The lowest BCUT2D eigenvalue weighted by atomic mass is 10.1. The number of hydrogen-bond donors (Lipinski definition) is 1. The first kappa shape index (κ1) is 17.6. The van der Waals surface area contributed by atoms with Gasteiger partial charge in [-0.05, 0) is 35.2 Å². The van der Waals surface area contributed by atoms with Crippen molar-refractivity contribution in [1.29, 1.82) is 0 Å². The third kappa shape index (κ3) is 4.47. The summed E-state index contributed by atoms with van der Waals surface area (Å²) in [6, 6.07) is 19.5. The standard InChI is InChI=1S/C20H18ClNO2S/c1-24-16-8-2-5-14(11-16)12-22-19(23)13-25-18-10-4-7-15-6-3-9-17(21)20(15)18/h2-11H,12-13H2,1H3,(H,22,23). The summed E-state index contributed by atoms with van der Waals surface area (Å²) < 4.78 is 5.19. The molecule has 0 saturated carbocycles. The van der Waals surface area contributed by atoms with Gasteiger partial charge in [0.2, 0.25) is 5.91 Å². The highest BCUT2D eigenvalue weighted by molar-refractivity contribution is 8.00. The molecule has 3 nitrogen and oxygen atoms in total. The summed E-state index contributed by atoms with van der Waals surface area (Å²) in [5.41, 5.74) is 1.01. The second-order valence-corrected chi connectivity index (χ2v) is 6.94. The number of ether oxygens (including phenoxy) is 1. The van der Waals surface area contributed by atoms with Crippen LogP contribution in [0.3, 0.4) is 0 Å². The Morgan fingerprint density at radius 2 is 1.88 bits per heavy atom. The van der Waals surface area contributed by atoms with Gasteiger partial charge in [0.15, 0.2) is 0 Å². The lowest BCUT2D eigenvalue weighted by molar-refractivity contribution is -0.118. The zero-order chi connectivity index (χ0) is 17.6. The molecule has 0 aliphatic carbocycles. The first-order chi connectivity index (χ1) is 12.2. The van der Waals surface area contributed by atoms with Gasteiger partial charge in [-0.25, -0.2) is 0 Å². The predicted molar refractivity (Wildman–Crippen MR) is 105 cm³/mol. The van der Waals surface area contributed by atoms with Crippen molar-refractivity contribution < 1.29 is 9.53 Å². The fourth-order valence-corrected chi connectivity index (χ4v) is 3.84. The van der Waals surface area contributed by atoms with E-state index in [0.717, 1.165) is 27.0 Å². The average Bonchev–Trinajstić information content (AvgIpc) is 2.65. The number of rotatable bonds is 6. The van der Waals surface area contributed by atoms with Crippen LogP contribution >= 0.6 is 23.4 Å². The second kappa shape index (κ2) is 8.28. The normalized spacial score (nSPS) is 10.6. The molecular weight excluding hydrogens is 354 g/mol. The van der Waals surface area contributed by atoms with Gasteiger partial charge in [-0.15, -0.1) is 11.8 Å². The molecule has 0 radical (unpaired) electrons. The molecule has 3 rings (SSSR count). The molecular formula is C20H18ClNO2S. The Balaban J connectivity index is 1.61. The quantitative estimate of drug-likeness (QED) is 0.625. The van der Waals surface area contributed by atoms with Gasteiger partial charge in [-0.3, -0.25) is 4.79 Å². The van der Waals surface area contributed by atoms with E-state index < -0.39 is 0 Å². The van der Waals surface area contributed by atoms with Crippen molar-refractivity contribution in [3.8, 4) is 5.75 Å². The van der Waals surface area contributed by atoms with E-state index in [2.05, 4.69) is 5.32 Å². The van der Waals surface area contributed by atoms with Crippen molar-refractivity contribution in [3.63, 3.8) is 0 Å². The summed E-state index contributed by atoms with van der Waals surface area (Å²) in [4.78, 5) is 13.2. The number of nitrogens with one attached hydrogen (secondary N) is 1. The first-order valence-corrected chi connectivity index (χ1v) is 9.23. The predicted octanol–water partition coefficient (Wildman–Crippen LogP) is 4.91. The van der Waals surface area contributed by atoms with E-state index in [0.29, 0.717) is 17.3 Å². The minimum Gasteiger partial charge on any atom is -0.497 e. The summed E-state index contributed by atoms with van der Waals surface area (Å²) >= 11 is 7.82. The van der Waals surface area contributed by atoms with Crippen LogP contribution in [0.2, 0.25) is 5.02 Å². The molecule has 0 aromatic heterocycles. The number of methoxy groups -OCH3 is 1. The number of carbonyl (C=O) groups excluding carboxylic acids is 1. The number of amides is 1. The molecule has 5 heteroatoms. The minimum atomic E-state index is -0.0168. The van der Waals surface area contributed by atoms with Crippen LogP contribution in [0.1, 0.15) is 5.56 Å². The number of carbonyl (C=O) groups is 1. The number of thioether (sulfide) groups is 1. The van der Waals surface area contributed by atoms with Crippen molar-refractivity contribution in [2.45, 2.75) is 11.4 Å². The Hall–Kier alpha value is -2.17. The van der Waals surface area contributed by atoms with Crippen LogP contribution in [-0.2, 0) is 11.3 Å². The summed E-state index contributed by atoms with van der Waals surface area (Å²) in [5.74, 6) is 1.11. The molecule has 0 spiro atoms. The molecule has 25 heavy (non-hydrogen) atoms. The molecule has 0 saturated heterocycles. The fourth-order valence-electron chi connectivity index (χ4n) is 2.56. The van der Waals surface area contributed by atoms with Crippen LogP contribution in [-0.4, -0.2) is 18.8 Å². The molecule has 3 aromatic rings. The third-order valence-electron chi connectivity index (χ3n) is 3.80. The van der Waals surface area contributed by atoms with E-state index in [1.165, 1.54) is 11.8 Å². The summed E-state index contributed by atoms with van der Waals surface area (Å²) in [6.07, 6.45) is 0. The average molecular weight is 372 g/mol. The topological polar surface area (TPSA) is 38.3 Å². The molecule has 0 bridgehead atoms. The number of halogens is 1. The molecule has 0 heterocycles. The Bertz CT molecular complexity index is 893. The largest absolute Gasteiger partial charge is 0.497 e. The maximum absolute atomic E-state index is 12.2. The molecule has 3 aromatic carbocycles. The van der Waals surface area contributed by atoms with Gasteiger partial charge >= 0.3 is 0 Å². The van der Waals surface area contributed by atoms with Crippen LogP contribution in [0.5, 0.6) is 5.75 Å². The van der Waals surface area contributed by atoms with Crippen molar-refractivity contribution in [2.75, 3.05) is 12.9 Å². The zero-order valence-corrected chi connectivity index (χ0v) is 15.4. The molecule has 1 amide bonds. The van der Waals surface area contributed by atoms with Crippen molar-refractivity contribution in [3.05, 3.63) is 71.2 Å². The van der Waals surface area contributed by atoms with Crippen LogP contribution in [0.4, 0.5) is 0 Å². The van der Waals surface area contributed by atoms with Crippen LogP contribution in [0.25, 0.3) is 10.8 Å². The lowest BCUT2D eigenvalue weighted by Gasteiger charge is -2.09. The Morgan fingerprint density at radius 1 is 1.12 bits per heavy atom. The van der Waals surface area contributed by atoms with Gasteiger partial charge in [0.25, 0.3) is 0 Å². The first-order valence-electron chi connectivity index (χ1n) is 7.87. The van der Waals surface area contributed by atoms with E-state index in [9.17, 15) is 4.79 Å². The fraction of sp³-hybridized carbons (Fsp3) is 0.150. The number of fused-ring (bicyclic) bond motifs is 1. The summed E-state index contributed by atoms with van der Waals surface area (Å²) in [5, 5.41) is 5.72. The number of hydrogen-bond acceptors (Lipinski definition) is 3. The molecule has 0 unspecified atom stereocenters.